The molecule has 0 bridgehead atoms. The van der Waals surface area contributed by atoms with Crippen molar-refractivity contribution in [3.05, 3.63) is 95.9 Å². The molecule has 2 aromatic carbocycles. The Kier molecular flexibility index (Phi) is 6.18. The molecule has 33 heavy (non-hydrogen) atoms. The number of nitrogens with zero attached hydrogens (tertiary/aromatic N) is 3. The second-order valence-electron chi connectivity index (χ2n) is 8.89. The third kappa shape index (κ3) is 4.21. The summed E-state index contributed by atoms with van der Waals surface area (Å²) >= 11 is 1.30. The van der Waals surface area contributed by atoms with Crippen molar-refractivity contribution in [2.75, 3.05) is 0 Å². The van der Waals surface area contributed by atoms with Crippen LogP contribution in [0.4, 0.5) is 0 Å². The van der Waals surface area contributed by atoms with E-state index in [2.05, 4.69) is 52.0 Å². The van der Waals surface area contributed by atoms with E-state index in [1.165, 1.54) is 27.0 Å². The van der Waals surface area contributed by atoms with Gasteiger partial charge in [-0.2, -0.15) is 10.5 Å². The molecule has 0 spiro atoms. The molecular formula is C28H25N3OS. The van der Waals surface area contributed by atoms with Crippen LogP contribution in [0.5, 0.6) is 0 Å². The molecule has 5 heteroatoms. The van der Waals surface area contributed by atoms with Crippen LogP contribution < -0.4 is 14.8 Å². The minimum Gasteiger partial charge on any atom is -0.272 e. The molecule has 1 unspecified atom stereocenters. The van der Waals surface area contributed by atoms with Crippen LogP contribution in [0.15, 0.2) is 58.9 Å². The van der Waals surface area contributed by atoms with E-state index in [0.29, 0.717) is 32.2 Å². The van der Waals surface area contributed by atoms with E-state index in [0.717, 1.165) is 11.1 Å². The second-order valence-corrected chi connectivity index (χ2v) is 9.92. The van der Waals surface area contributed by atoms with Gasteiger partial charge in [0.15, 0.2) is 0 Å². The van der Waals surface area contributed by atoms with E-state index in [4.69, 9.17) is 0 Å². The largest absolute Gasteiger partial charge is 0.273 e. The highest BCUT2D eigenvalue weighted by Crippen LogP contribution is 2.34. The summed E-state index contributed by atoms with van der Waals surface area (Å²) < 4.78 is 2.58. The third-order valence-corrected chi connectivity index (χ3v) is 7.16. The van der Waals surface area contributed by atoms with Crippen LogP contribution in [0.1, 0.15) is 67.7 Å². The average Bonchev–Trinajstić information content (AvgIpc) is 3.13. The van der Waals surface area contributed by atoms with Gasteiger partial charge >= 0.3 is 0 Å². The Morgan fingerprint density at radius 3 is 2.00 bits per heavy atom. The van der Waals surface area contributed by atoms with Crippen LogP contribution in [0.2, 0.25) is 0 Å². The highest BCUT2D eigenvalue weighted by molar-refractivity contribution is 7.07. The van der Waals surface area contributed by atoms with Gasteiger partial charge in [-0.15, -0.1) is 11.3 Å². The van der Waals surface area contributed by atoms with Crippen LogP contribution in [-0.4, -0.2) is 4.57 Å². The standard InChI is InChI=1S/C28H25N3OS/c1-17(2)20-7-5-19(6-8-20)13-25-27(32)31-16-23(14-29)26(24(15-30)28(31)33-25)22-11-9-21(10-12-22)18(3)4/h5-13,16-18,26H,1-4H3/b25-13-. The molecule has 2 heterocycles. The summed E-state index contributed by atoms with van der Waals surface area (Å²) in [6, 6.07) is 20.7. The van der Waals surface area contributed by atoms with Crippen molar-refractivity contribution < 1.29 is 0 Å². The molecule has 4 rings (SSSR count). The summed E-state index contributed by atoms with van der Waals surface area (Å²) in [5.74, 6) is 0.357. The number of benzene rings is 2. The fourth-order valence-electron chi connectivity index (χ4n) is 4.05. The van der Waals surface area contributed by atoms with Crippen molar-refractivity contribution in [3.63, 3.8) is 0 Å². The highest BCUT2D eigenvalue weighted by atomic mass is 32.1. The fourth-order valence-corrected chi connectivity index (χ4v) is 5.14. The first-order valence-corrected chi connectivity index (χ1v) is 11.8. The molecular weight excluding hydrogens is 426 g/mol. The maximum atomic E-state index is 13.1. The van der Waals surface area contributed by atoms with E-state index in [-0.39, 0.29) is 5.56 Å². The van der Waals surface area contributed by atoms with Crippen LogP contribution >= 0.6 is 11.3 Å². The summed E-state index contributed by atoms with van der Waals surface area (Å²) in [4.78, 5) is 13.1. The first-order valence-electron chi connectivity index (χ1n) is 11.0. The molecule has 1 aliphatic rings. The van der Waals surface area contributed by atoms with Gasteiger partial charge in [-0.05, 0) is 40.2 Å². The van der Waals surface area contributed by atoms with Crippen LogP contribution in [-0.2, 0) is 0 Å². The van der Waals surface area contributed by atoms with Crippen molar-refractivity contribution in [1.82, 2.24) is 4.57 Å². The summed E-state index contributed by atoms with van der Waals surface area (Å²) in [6.45, 7) is 8.54. The van der Waals surface area contributed by atoms with Gasteiger partial charge in [0, 0.05) is 6.20 Å². The van der Waals surface area contributed by atoms with Gasteiger partial charge in [-0.1, -0.05) is 76.2 Å². The van der Waals surface area contributed by atoms with Gasteiger partial charge in [-0.3, -0.25) is 9.36 Å². The number of fused-ring (bicyclic) bond motifs is 1. The Bertz CT molecular complexity index is 1490. The fraction of sp³-hybridized carbons (Fsp3) is 0.250. The molecule has 4 nitrogen and oxygen atoms in total. The molecule has 0 N–H and O–H groups in total. The number of aromatic nitrogens is 1. The summed E-state index contributed by atoms with van der Waals surface area (Å²) in [6.07, 6.45) is 3.44. The molecule has 1 atom stereocenters. The number of hydrogen-bond acceptors (Lipinski definition) is 4. The van der Waals surface area contributed by atoms with Crippen molar-refractivity contribution in [1.29, 1.82) is 10.5 Å². The van der Waals surface area contributed by atoms with Gasteiger partial charge in [0.2, 0.25) is 0 Å². The smallest absolute Gasteiger partial charge is 0.272 e. The third-order valence-electron chi connectivity index (χ3n) is 6.04. The maximum Gasteiger partial charge on any atom is 0.273 e. The van der Waals surface area contributed by atoms with E-state index in [9.17, 15) is 15.3 Å². The Morgan fingerprint density at radius 1 is 0.909 bits per heavy atom. The Morgan fingerprint density at radius 2 is 1.48 bits per heavy atom. The SMILES string of the molecule is CC(C)c1ccc(/C=c2\sc3n(c2=O)C=C(C#N)C(c2ccc(C(C)C)cc2)C=3C#N)cc1. The minimum atomic E-state index is -0.475. The second kappa shape index (κ2) is 9.06. The molecule has 0 aliphatic carbocycles. The Balaban J connectivity index is 1.88. The summed E-state index contributed by atoms with van der Waals surface area (Å²) in [5, 5.41) is 19.9. The molecule has 0 fully saturated rings. The Labute approximate surface area is 197 Å². The minimum absolute atomic E-state index is 0.211. The lowest BCUT2D eigenvalue weighted by Crippen LogP contribution is -2.32. The van der Waals surface area contributed by atoms with E-state index >= 15 is 0 Å². The summed E-state index contributed by atoms with van der Waals surface area (Å²) in [5.41, 5.74) is 4.86. The van der Waals surface area contributed by atoms with E-state index < -0.39 is 5.92 Å². The first kappa shape index (κ1) is 22.5. The quantitative estimate of drug-likeness (QED) is 0.571. The summed E-state index contributed by atoms with van der Waals surface area (Å²) in [7, 11) is 0. The molecule has 164 valence electrons. The van der Waals surface area contributed by atoms with Crippen molar-refractivity contribution >= 4 is 29.2 Å². The highest BCUT2D eigenvalue weighted by Gasteiger charge is 2.28. The normalized spacial score (nSPS) is 15.9. The number of thiazole rings is 1. The average molecular weight is 452 g/mol. The van der Waals surface area contributed by atoms with Crippen LogP contribution in [0.25, 0.3) is 17.8 Å². The van der Waals surface area contributed by atoms with Crippen molar-refractivity contribution in [3.8, 4) is 12.1 Å². The number of rotatable bonds is 4. The predicted molar refractivity (Wildman–Crippen MR) is 134 cm³/mol. The van der Waals surface area contributed by atoms with Crippen LogP contribution in [0.3, 0.4) is 0 Å². The number of nitriles is 2. The molecule has 0 radical (unpaired) electrons. The molecule has 0 amide bonds. The monoisotopic (exact) mass is 451 g/mol. The van der Waals surface area contributed by atoms with Crippen molar-refractivity contribution in [2.45, 2.75) is 45.4 Å². The van der Waals surface area contributed by atoms with E-state index in [1.807, 2.05) is 42.5 Å². The number of allylic oxidation sites excluding steroid dienone is 1. The molecule has 1 aromatic heterocycles. The van der Waals surface area contributed by atoms with Gasteiger partial charge < -0.3 is 0 Å². The lowest BCUT2D eigenvalue weighted by atomic mass is 9.84. The molecule has 0 saturated carbocycles. The maximum absolute atomic E-state index is 13.1. The van der Waals surface area contributed by atoms with Crippen molar-refractivity contribution in [2.24, 2.45) is 0 Å². The molecule has 3 aromatic rings. The molecule has 0 saturated heterocycles. The number of hydrogen-bond donors (Lipinski definition) is 0. The lowest BCUT2D eigenvalue weighted by Gasteiger charge is -2.20. The molecule has 1 aliphatic heterocycles. The zero-order valence-corrected chi connectivity index (χ0v) is 20.0. The predicted octanol–water partition coefficient (Wildman–Crippen LogP) is 4.82. The first-order chi connectivity index (χ1) is 15.8. The van der Waals surface area contributed by atoms with Gasteiger partial charge in [-0.25, -0.2) is 0 Å². The van der Waals surface area contributed by atoms with Gasteiger partial charge in [0.25, 0.3) is 5.56 Å². The topological polar surface area (TPSA) is 69.6 Å². The van der Waals surface area contributed by atoms with E-state index in [1.54, 1.807) is 6.20 Å². The zero-order valence-electron chi connectivity index (χ0n) is 19.2. The Hall–Kier alpha value is -3.67. The zero-order chi connectivity index (χ0) is 23.7. The van der Waals surface area contributed by atoms with Gasteiger partial charge in [0.1, 0.15) is 4.66 Å². The lowest BCUT2D eigenvalue weighted by molar-refractivity contribution is 0.863. The van der Waals surface area contributed by atoms with Crippen LogP contribution in [0, 0.1) is 22.7 Å². The van der Waals surface area contributed by atoms with Gasteiger partial charge in [0.05, 0.1) is 33.7 Å².